The molecule has 2 nitrogen and oxygen atoms in total. The van der Waals surface area contributed by atoms with Crippen LogP contribution in [0.4, 0.5) is 0 Å². The SMILES string of the molecule is CC1CCCC1CN1CCC(CN)C1. The van der Waals surface area contributed by atoms with Gasteiger partial charge in [0.05, 0.1) is 0 Å². The Kier molecular flexibility index (Phi) is 3.45. The number of nitrogens with two attached hydrogens (primary N) is 1. The lowest BCUT2D eigenvalue weighted by Gasteiger charge is -2.23. The second-order valence-electron chi connectivity index (χ2n) is 5.32. The minimum Gasteiger partial charge on any atom is -0.330 e. The molecule has 3 atom stereocenters. The van der Waals surface area contributed by atoms with Gasteiger partial charge in [-0.1, -0.05) is 19.8 Å². The second-order valence-corrected chi connectivity index (χ2v) is 5.32. The van der Waals surface area contributed by atoms with Gasteiger partial charge in [0.15, 0.2) is 0 Å². The molecule has 0 spiro atoms. The summed E-state index contributed by atoms with van der Waals surface area (Å²) >= 11 is 0. The highest BCUT2D eigenvalue weighted by atomic mass is 15.1. The molecular weight excluding hydrogens is 172 g/mol. The minimum absolute atomic E-state index is 0.784. The van der Waals surface area contributed by atoms with Gasteiger partial charge in [-0.05, 0) is 43.7 Å². The molecule has 2 aliphatic rings. The summed E-state index contributed by atoms with van der Waals surface area (Å²) in [4.78, 5) is 2.64. The molecule has 0 aromatic heterocycles. The van der Waals surface area contributed by atoms with Crippen molar-refractivity contribution < 1.29 is 0 Å². The third-order valence-corrected chi connectivity index (χ3v) is 4.24. The molecule has 14 heavy (non-hydrogen) atoms. The first-order chi connectivity index (χ1) is 6.79. The Labute approximate surface area is 87.8 Å². The maximum atomic E-state index is 5.70. The summed E-state index contributed by atoms with van der Waals surface area (Å²) in [5.74, 6) is 2.73. The summed E-state index contributed by atoms with van der Waals surface area (Å²) in [6.45, 7) is 7.22. The van der Waals surface area contributed by atoms with Crippen molar-refractivity contribution in [2.24, 2.45) is 23.5 Å². The first-order valence-corrected chi connectivity index (χ1v) is 6.22. The van der Waals surface area contributed by atoms with Gasteiger partial charge >= 0.3 is 0 Å². The van der Waals surface area contributed by atoms with Crippen LogP contribution < -0.4 is 5.73 Å². The molecule has 1 saturated heterocycles. The van der Waals surface area contributed by atoms with Crippen molar-refractivity contribution in [1.82, 2.24) is 4.90 Å². The summed E-state index contributed by atoms with van der Waals surface area (Å²) < 4.78 is 0. The van der Waals surface area contributed by atoms with Gasteiger partial charge in [-0.2, -0.15) is 0 Å². The first-order valence-electron chi connectivity index (χ1n) is 6.22. The van der Waals surface area contributed by atoms with Crippen LogP contribution in [-0.2, 0) is 0 Å². The average Bonchev–Trinajstić information content (AvgIpc) is 2.77. The molecule has 1 aliphatic heterocycles. The molecule has 1 heterocycles. The Morgan fingerprint density at radius 3 is 2.71 bits per heavy atom. The third-order valence-electron chi connectivity index (χ3n) is 4.24. The van der Waals surface area contributed by atoms with Crippen molar-refractivity contribution in [2.75, 3.05) is 26.2 Å². The normalized spacial score (nSPS) is 39.4. The smallest absolute Gasteiger partial charge is 0.00223 e. The summed E-state index contributed by atoms with van der Waals surface area (Å²) in [7, 11) is 0. The lowest BCUT2D eigenvalue weighted by molar-refractivity contribution is 0.242. The van der Waals surface area contributed by atoms with Crippen molar-refractivity contribution in [3.05, 3.63) is 0 Å². The Hall–Kier alpha value is -0.0800. The summed E-state index contributed by atoms with van der Waals surface area (Å²) in [6.07, 6.45) is 5.71. The quantitative estimate of drug-likeness (QED) is 0.744. The van der Waals surface area contributed by atoms with Crippen molar-refractivity contribution in [3.63, 3.8) is 0 Å². The van der Waals surface area contributed by atoms with E-state index in [0.717, 1.165) is 24.3 Å². The molecule has 1 aliphatic carbocycles. The number of hydrogen-bond donors (Lipinski definition) is 1. The maximum Gasteiger partial charge on any atom is 0.00223 e. The molecule has 0 aromatic rings. The zero-order valence-corrected chi connectivity index (χ0v) is 9.41. The molecule has 0 bridgehead atoms. The van der Waals surface area contributed by atoms with Crippen LogP contribution in [0, 0.1) is 17.8 Å². The molecule has 1 saturated carbocycles. The molecule has 0 aromatic carbocycles. The molecule has 3 unspecified atom stereocenters. The minimum atomic E-state index is 0.784. The van der Waals surface area contributed by atoms with Gasteiger partial charge in [-0.15, -0.1) is 0 Å². The van der Waals surface area contributed by atoms with Crippen LogP contribution in [0.5, 0.6) is 0 Å². The fourth-order valence-electron chi connectivity index (χ4n) is 3.10. The van der Waals surface area contributed by atoms with E-state index in [1.807, 2.05) is 0 Å². The number of rotatable bonds is 3. The maximum absolute atomic E-state index is 5.70. The molecule has 2 N–H and O–H groups in total. The van der Waals surface area contributed by atoms with Gasteiger partial charge in [0, 0.05) is 13.1 Å². The second kappa shape index (κ2) is 4.63. The van der Waals surface area contributed by atoms with Gasteiger partial charge < -0.3 is 10.6 Å². The fraction of sp³-hybridized carbons (Fsp3) is 1.00. The zero-order chi connectivity index (χ0) is 9.97. The highest BCUT2D eigenvalue weighted by Gasteiger charge is 2.28. The molecule has 0 radical (unpaired) electrons. The van der Waals surface area contributed by atoms with Crippen molar-refractivity contribution in [2.45, 2.75) is 32.6 Å². The molecular formula is C12H24N2. The monoisotopic (exact) mass is 196 g/mol. The highest BCUT2D eigenvalue weighted by Crippen LogP contribution is 2.32. The highest BCUT2D eigenvalue weighted by molar-refractivity contribution is 4.82. The van der Waals surface area contributed by atoms with E-state index in [1.54, 1.807) is 0 Å². The lowest BCUT2D eigenvalue weighted by atomic mass is 9.98. The Morgan fingerprint density at radius 1 is 1.29 bits per heavy atom. The Morgan fingerprint density at radius 2 is 2.14 bits per heavy atom. The van der Waals surface area contributed by atoms with E-state index in [2.05, 4.69) is 11.8 Å². The summed E-state index contributed by atoms with van der Waals surface area (Å²) in [5, 5.41) is 0. The largest absolute Gasteiger partial charge is 0.330 e. The Balaban J connectivity index is 1.75. The van der Waals surface area contributed by atoms with E-state index in [1.165, 1.54) is 45.3 Å². The van der Waals surface area contributed by atoms with Crippen LogP contribution in [0.2, 0.25) is 0 Å². The van der Waals surface area contributed by atoms with E-state index >= 15 is 0 Å². The van der Waals surface area contributed by atoms with Gasteiger partial charge in [0.1, 0.15) is 0 Å². The van der Waals surface area contributed by atoms with Crippen LogP contribution >= 0.6 is 0 Å². The van der Waals surface area contributed by atoms with E-state index in [-0.39, 0.29) is 0 Å². The number of likely N-dealkylation sites (tertiary alicyclic amines) is 1. The predicted octanol–water partition coefficient (Wildman–Crippen LogP) is 1.70. The molecule has 2 fully saturated rings. The van der Waals surface area contributed by atoms with Gasteiger partial charge in [0.25, 0.3) is 0 Å². The lowest BCUT2D eigenvalue weighted by Crippen LogP contribution is -2.29. The van der Waals surface area contributed by atoms with Crippen LogP contribution in [0.3, 0.4) is 0 Å². The summed E-state index contributed by atoms with van der Waals surface area (Å²) in [6, 6.07) is 0. The van der Waals surface area contributed by atoms with Crippen molar-refractivity contribution in [1.29, 1.82) is 0 Å². The number of nitrogens with zero attached hydrogens (tertiary/aromatic N) is 1. The predicted molar refractivity (Wildman–Crippen MR) is 60.1 cm³/mol. The third kappa shape index (κ3) is 2.29. The van der Waals surface area contributed by atoms with Crippen molar-refractivity contribution in [3.8, 4) is 0 Å². The van der Waals surface area contributed by atoms with Crippen LogP contribution in [0.1, 0.15) is 32.6 Å². The standard InChI is InChI=1S/C12H24N2/c1-10-3-2-4-12(10)9-14-6-5-11(7-13)8-14/h10-12H,2-9,13H2,1H3. The summed E-state index contributed by atoms with van der Waals surface area (Å²) in [5.41, 5.74) is 5.70. The topological polar surface area (TPSA) is 29.3 Å². The molecule has 0 amide bonds. The van der Waals surface area contributed by atoms with Gasteiger partial charge in [0.2, 0.25) is 0 Å². The van der Waals surface area contributed by atoms with E-state index < -0.39 is 0 Å². The van der Waals surface area contributed by atoms with E-state index in [0.29, 0.717) is 0 Å². The zero-order valence-electron chi connectivity index (χ0n) is 9.41. The Bertz CT molecular complexity index is 181. The van der Waals surface area contributed by atoms with Crippen LogP contribution in [-0.4, -0.2) is 31.1 Å². The van der Waals surface area contributed by atoms with Crippen LogP contribution in [0.25, 0.3) is 0 Å². The van der Waals surface area contributed by atoms with E-state index in [9.17, 15) is 0 Å². The number of hydrogen-bond acceptors (Lipinski definition) is 2. The van der Waals surface area contributed by atoms with Gasteiger partial charge in [-0.3, -0.25) is 0 Å². The molecule has 2 heteroatoms. The van der Waals surface area contributed by atoms with Crippen LogP contribution in [0.15, 0.2) is 0 Å². The fourth-order valence-corrected chi connectivity index (χ4v) is 3.10. The molecule has 2 rings (SSSR count). The van der Waals surface area contributed by atoms with E-state index in [4.69, 9.17) is 5.73 Å². The van der Waals surface area contributed by atoms with Gasteiger partial charge in [-0.25, -0.2) is 0 Å². The van der Waals surface area contributed by atoms with Crippen molar-refractivity contribution >= 4 is 0 Å². The molecule has 82 valence electrons. The first kappa shape index (κ1) is 10.4. The average molecular weight is 196 g/mol.